The minimum absolute atomic E-state index is 0.0168. The van der Waals surface area contributed by atoms with Crippen LogP contribution >= 0.6 is 11.6 Å². The summed E-state index contributed by atoms with van der Waals surface area (Å²) in [6, 6.07) is 21.2. The lowest BCUT2D eigenvalue weighted by molar-refractivity contribution is -0.129. The van der Waals surface area contributed by atoms with Crippen LogP contribution in [0.3, 0.4) is 0 Å². The molecule has 1 atom stereocenters. The van der Waals surface area contributed by atoms with Gasteiger partial charge in [-0.15, -0.1) is 0 Å². The van der Waals surface area contributed by atoms with Crippen molar-refractivity contribution < 1.29 is 27.5 Å². The van der Waals surface area contributed by atoms with Gasteiger partial charge in [-0.2, -0.15) is 4.31 Å². The standard InChI is InChI=1S/C30H32ClN3O6S/c1-2-39-26-13-12-23(31)18-28(26)41(37,38)33-16-14-22(15-17-33)30(36)34-20-27(40-25-11-7-6-10-24(25)34)29(35)32-19-21-8-4-3-5-9-21/h3-13,18,22,27H,2,14-17,19-20H2,1H3,(H,32,35). The molecule has 2 aliphatic rings. The molecule has 0 bridgehead atoms. The van der Waals surface area contributed by atoms with Gasteiger partial charge in [0.15, 0.2) is 6.10 Å². The van der Waals surface area contributed by atoms with E-state index in [9.17, 15) is 18.0 Å². The van der Waals surface area contributed by atoms with E-state index in [4.69, 9.17) is 21.1 Å². The van der Waals surface area contributed by atoms with Gasteiger partial charge in [-0.1, -0.05) is 54.1 Å². The number of rotatable bonds is 8. The first-order valence-electron chi connectivity index (χ1n) is 13.6. The summed E-state index contributed by atoms with van der Waals surface area (Å²) in [4.78, 5) is 28.5. The van der Waals surface area contributed by atoms with Crippen LogP contribution in [0, 0.1) is 5.92 Å². The first-order valence-corrected chi connectivity index (χ1v) is 15.4. The highest BCUT2D eigenvalue weighted by molar-refractivity contribution is 7.89. The van der Waals surface area contributed by atoms with E-state index in [0.717, 1.165) is 5.56 Å². The predicted molar refractivity (Wildman–Crippen MR) is 156 cm³/mol. The third kappa shape index (κ3) is 6.34. The van der Waals surface area contributed by atoms with E-state index in [-0.39, 0.29) is 42.1 Å². The van der Waals surface area contributed by atoms with Gasteiger partial charge >= 0.3 is 0 Å². The molecule has 0 aliphatic carbocycles. The van der Waals surface area contributed by atoms with E-state index >= 15 is 0 Å². The summed E-state index contributed by atoms with van der Waals surface area (Å²) < 4.78 is 39.9. The largest absolute Gasteiger partial charge is 0.492 e. The second kappa shape index (κ2) is 12.5. The van der Waals surface area contributed by atoms with Crippen molar-refractivity contribution in [3.63, 3.8) is 0 Å². The maximum atomic E-state index is 13.8. The molecule has 2 heterocycles. The van der Waals surface area contributed by atoms with Crippen molar-refractivity contribution in [1.82, 2.24) is 9.62 Å². The van der Waals surface area contributed by atoms with Crippen LogP contribution in [0.15, 0.2) is 77.7 Å². The Morgan fingerprint density at radius 3 is 2.46 bits per heavy atom. The second-order valence-electron chi connectivity index (χ2n) is 9.93. The van der Waals surface area contributed by atoms with Gasteiger partial charge in [0.05, 0.1) is 18.8 Å². The molecule has 0 aromatic heterocycles. The summed E-state index contributed by atoms with van der Waals surface area (Å²) in [5.74, 6) is -0.176. The van der Waals surface area contributed by atoms with Gasteiger partial charge < -0.3 is 19.7 Å². The van der Waals surface area contributed by atoms with Gasteiger partial charge in [0.1, 0.15) is 16.4 Å². The van der Waals surface area contributed by atoms with Gasteiger partial charge in [-0.3, -0.25) is 9.59 Å². The number of carbonyl (C=O) groups excluding carboxylic acids is 2. The van der Waals surface area contributed by atoms with Crippen LogP contribution in [0.25, 0.3) is 0 Å². The third-order valence-electron chi connectivity index (χ3n) is 7.27. The molecule has 2 aliphatic heterocycles. The number of fused-ring (bicyclic) bond motifs is 1. The number of sulfonamides is 1. The number of hydrogen-bond acceptors (Lipinski definition) is 6. The number of nitrogens with one attached hydrogen (secondary N) is 1. The van der Waals surface area contributed by atoms with Crippen LogP contribution in [0.5, 0.6) is 11.5 Å². The SMILES string of the molecule is CCOc1ccc(Cl)cc1S(=O)(=O)N1CCC(C(=O)N2CC(C(=O)NCc3ccccc3)Oc3ccccc32)CC1. The number of halogens is 1. The molecule has 0 saturated carbocycles. The molecule has 2 amide bonds. The van der Waals surface area contributed by atoms with Crippen LogP contribution < -0.4 is 19.7 Å². The van der Waals surface area contributed by atoms with Crippen molar-refractivity contribution in [3.8, 4) is 11.5 Å². The lowest BCUT2D eigenvalue weighted by atomic mass is 9.95. The number of carbonyl (C=O) groups is 2. The van der Waals surface area contributed by atoms with Crippen molar-refractivity contribution in [1.29, 1.82) is 0 Å². The minimum atomic E-state index is -3.88. The molecule has 1 saturated heterocycles. The number of ether oxygens (including phenoxy) is 2. The van der Waals surface area contributed by atoms with Gasteiger partial charge in [0.2, 0.25) is 15.9 Å². The van der Waals surface area contributed by atoms with Crippen molar-refractivity contribution in [2.45, 2.75) is 37.3 Å². The Morgan fingerprint density at radius 2 is 1.73 bits per heavy atom. The molecule has 9 nitrogen and oxygen atoms in total. The number of benzene rings is 3. The Labute approximate surface area is 245 Å². The molecule has 216 valence electrons. The lowest BCUT2D eigenvalue weighted by Crippen LogP contribution is -2.53. The summed E-state index contributed by atoms with van der Waals surface area (Å²) in [6.45, 7) is 2.85. The van der Waals surface area contributed by atoms with Gasteiger partial charge in [-0.25, -0.2) is 8.42 Å². The zero-order valence-corrected chi connectivity index (χ0v) is 24.2. The molecule has 3 aromatic carbocycles. The maximum absolute atomic E-state index is 13.8. The van der Waals surface area contributed by atoms with Crippen molar-refractivity contribution in [2.24, 2.45) is 5.92 Å². The Bertz CT molecular complexity index is 1510. The summed E-state index contributed by atoms with van der Waals surface area (Å²) >= 11 is 6.11. The minimum Gasteiger partial charge on any atom is -0.492 e. The highest BCUT2D eigenvalue weighted by Gasteiger charge is 2.39. The normalized spacial score (nSPS) is 17.8. The van der Waals surface area contributed by atoms with E-state index in [1.807, 2.05) is 36.4 Å². The maximum Gasteiger partial charge on any atom is 0.263 e. The molecule has 1 fully saturated rings. The molecule has 0 spiro atoms. The van der Waals surface area contributed by atoms with Gasteiger partial charge in [0.25, 0.3) is 5.91 Å². The van der Waals surface area contributed by atoms with Crippen LogP contribution in [-0.2, 0) is 26.2 Å². The topological polar surface area (TPSA) is 105 Å². The number of hydrogen-bond donors (Lipinski definition) is 1. The van der Waals surface area contributed by atoms with Crippen molar-refractivity contribution in [2.75, 3.05) is 31.1 Å². The summed E-state index contributed by atoms with van der Waals surface area (Å²) in [5.41, 5.74) is 1.55. The molecule has 3 aromatic rings. The Hall–Kier alpha value is -3.60. The fraction of sp³-hybridized carbons (Fsp3) is 0.333. The molecular weight excluding hydrogens is 566 g/mol. The van der Waals surface area contributed by atoms with Crippen molar-refractivity contribution in [3.05, 3.63) is 83.4 Å². The van der Waals surface area contributed by atoms with Crippen LogP contribution in [0.2, 0.25) is 5.02 Å². The fourth-order valence-electron chi connectivity index (χ4n) is 5.14. The number of amides is 2. The van der Waals surface area contributed by atoms with E-state index < -0.39 is 22.0 Å². The zero-order valence-electron chi connectivity index (χ0n) is 22.7. The quantitative estimate of drug-likeness (QED) is 0.416. The second-order valence-corrected chi connectivity index (χ2v) is 12.3. The molecule has 1 unspecified atom stereocenters. The first-order chi connectivity index (χ1) is 19.8. The Kier molecular flexibility index (Phi) is 8.82. The van der Waals surface area contributed by atoms with Gasteiger partial charge in [-0.05, 0) is 55.7 Å². The Balaban J connectivity index is 1.28. The van der Waals surface area contributed by atoms with E-state index in [1.54, 1.807) is 42.2 Å². The average Bonchev–Trinajstić information content (AvgIpc) is 3.00. The summed E-state index contributed by atoms with van der Waals surface area (Å²) in [7, 11) is -3.88. The van der Waals surface area contributed by atoms with Crippen LogP contribution in [0.1, 0.15) is 25.3 Å². The number of nitrogens with zero attached hydrogens (tertiary/aromatic N) is 2. The monoisotopic (exact) mass is 597 g/mol. The summed E-state index contributed by atoms with van der Waals surface area (Å²) in [5, 5.41) is 3.20. The summed E-state index contributed by atoms with van der Waals surface area (Å²) in [6.07, 6.45) is -0.196. The van der Waals surface area contributed by atoms with Crippen molar-refractivity contribution >= 4 is 39.1 Å². The van der Waals surface area contributed by atoms with Crippen LogP contribution in [0.4, 0.5) is 5.69 Å². The molecule has 1 N–H and O–H groups in total. The smallest absolute Gasteiger partial charge is 0.263 e. The van der Waals surface area contributed by atoms with Gasteiger partial charge in [0, 0.05) is 30.6 Å². The van der Waals surface area contributed by atoms with E-state index in [2.05, 4.69) is 5.32 Å². The number of anilines is 1. The molecular formula is C30H32ClN3O6S. The predicted octanol–water partition coefficient (Wildman–Crippen LogP) is 4.25. The van der Waals surface area contributed by atoms with E-state index in [1.165, 1.54) is 10.4 Å². The fourth-order valence-corrected chi connectivity index (χ4v) is 7.00. The zero-order chi connectivity index (χ0) is 29.0. The highest BCUT2D eigenvalue weighted by Crippen LogP contribution is 2.37. The Morgan fingerprint density at radius 1 is 1.02 bits per heavy atom. The number of piperidine rings is 1. The lowest BCUT2D eigenvalue weighted by Gasteiger charge is -2.38. The first kappa shape index (κ1) is 28.9. The number of para-hydroxylation sites is 2. The highest BCUT2D eigenvalue weighted by atomic mass is 35.5. The molecule has 11 heteroatoms. The van der Waals surface area contributed by atoms with E-state index in [0.29, 0.717) is 42.5 Å². The third-order valence-corrected chi connectivity index (χ3v) is 9.42. The average molecular weight is 598 g/mol. The molecule has 0 radical (unpaired) electrons. The molecule has 41 heavy (non-hydrogen) atoms. The van der Waals surface area contributed by atoms with Crippen LogP contribution in [-0.4, -0.2) is 56.9 Å². The molecule has 5 rings (SSSR count).